The highest BCUT2D eigenvalue weighted by Crippen LogP contribution is 2.21. The minimum Gasteiger partial charge on any atom is -0.495 e. The number of nitrogens with zero attached hydrogens (tertiary/aromatic N) is 1. The fraction of sp³-hybridized carbons (Fsp3) is 0.267. The summed E-state index contributed by atoms with van der Waals surface area (Å²) in [6, 6.07) is 12.0. The first kappa shape index (κ1) is 12.6. The predicted octanol–water partition coefficient (Wildman–Crippen LogP) is 2.76. The van der Waals surface area contributed by atoms with Crippen LogP contribution in [0.25, 0.3) is 0 Å². The molecule has 1 unspecified atom stereocenters. The number of benzene rings is 1. The second kappa shape index (κ2) is 6.17. The monoisotopic (exact) mass is 243 g/mol. The van der Waals surface area contributed by atoms with Crippen LogP contribution in [-0.2, 0) is 6.42 Å². The Bertz CT molecular complexity index is 485. The van der Waals surface area contributed by atoms with Gasteiger partial charge in [-0.1, -0.05) is 30.3 Å². The van der Waals surface area contributed by atoms with Gasteiger partial charge in [0.25, 0.3) is 0 Å². The van der Waals surface area contributed by atoms with E-state index in [1.807, 2.05) is 24.3 Å². The first-order valence-electron chi connectivity index (χ1n) is 6.00. The van der Waals surface area contributed by atoms with E-state index in [4.69, 9.17) is 4.74 Å². The van der Waals surface area contributed by atoms with E-state index in [1.54, 1.807) is 19.5 Å². The maximum Gasteiger partial charge on any atom is 0.137 e. The molecule has 0 fully saturated rings. The zero-order chi connectivity index (χ0) is 12.8. The molecule has 1 N–H and O–H groups in total. The summed E-state index contributed by atoms with van der Waals surface area (Å²) in [7, 11) is 1.59. The van der Waals surface area contributed by atoms with Crippen LogP contribution in [0.3, 0.4) is 0 Å². The molecule has 2 rings (SSSR count). The van der Waals surface area contributed by atoms with Gasteiger partial charge in [-0.2, -0.15) is 0 Å². The van der Waals surface area contributed by atoms with Crippen LogP contribution in [0.5, 0.6) is 5.75 Å². The molecule has 18 heavy (non-hydrogen) atoms. The molecule has 0 radical (unpaired) electrons. The van der Waals surface area contributed by atoms with Crippen molar-refractivity contribution in [3.63, 3.8) is 0 Å². The van der Waals surface area contributed by atoms with Crippen LogP contribution in [-0.4, -0.2) is 17.2 Å². The Balaban J connectivity index is 1.97. The third-order valence-electron chi connectivity index (χ3n) is 2.90. The molecule has 0 saturated heterocycles. The number of aliphatic hydroxyl groups is 1. The first-order valence-corrected chi connectivity index (χ1v) is 6.00. The van der Waals surface area contributed by atoms with Crippen LogP contribution >= 0.6 is 0 Å². The smallest absolute Gasteiger partial charge is 0.137 e. The third-order valence-corrected chi connectivity index (χ3v) is 2.90. The van der Waals surface area contributed by atoms with Crippen molar-refractivity contribution < 1.29 is 9.84 Å². The van der Waals surface area contributed by atoms with Crippen LogP contribution < -0.4 is 4.74 Å². The molecule has 0 aliphatic rings. The van der Waals surface area contributed by atoms with Crippen molar-refractivity contribution in [3.8, 4) is 5.75 Å². The van der Waals surface area contributed by atoms with Gasteiger partial charge >= 0.3 is 0 Å². The molecule has 1 aromatic heterocycles. The number of pyridine rings is 1. The Morgan fingerprint density at radius 3 is 2.72 bits per heavy atom. The molecule has 0 saturated carbocycles. The summed E-state index contributed by atoms with van der Waals surface area (Å²) >= 11 is 0. The normalized spacial score (nSPS) is 12.1. The van der Waals surface area contributed by atoms with Crippen molar-refractivity contribution >= 4 is 0 Å². The van der Waals surface area contributed by atoms with Crippen molar-refractivity contribution in [2.75, 3.05) is 7.11 Å². The van der Waals surface area contributed by atoms with Gasteiger partial charge in [0.05, 0.1) is 19.4 Å². The van der Waals surface area contributed by atoms with E-state index in [-0.39, 0.29) is 0 Å². The summed E-state index contributed by atoms with van der Waals surface area (Å²) in [5.74, 6) is 0.672. The molecular weight excluding hydrogens is 226 g/mol. The topological polar surface area (TPSA) is 42.4 Å². The fourth-order valence-corrected chi connectivity index (χ4v) is 1.84. The molecule has 1 atom stereocenters. The molecular formula is C15H17NO2. The van der Waals surface area contributed by atoms with Crippen LogP contribution in [0, 0.1) is 0 Å². The molecule has 0 spiro atoms. The summed E-state index contributed by atoms with van der Waals surface area (Å²) in [5.41, 5.74) is 2.03. The number of aliphatic hydroxyl groups excluding tert-OH is 1. The molecule has 2 aromatic rings. The van der Waals surface area contributed by atoms with E-state index < -0.39 is 6.10 Å². The zero-order valence-electron chi connectivity index (χ0n) is 10.4. The summed E-state index contributed by atoms with van der Waals surface area (Å²) in [5, 5.41) is 10.1. The Morgan fingerprint density at radius 1 is 1.22 bits per heavy atom. The largest absolute Gasteiger partial charge is 0.495 e. The van der Waals surface area contributed by atoms with Crippen LogP contribution in [0.4, 0.5) is 0 Å². The van der Waals surface area contributed by atoms with E-state index in [9.17, 15) is 5.11 Å². The second-order valence-electron chi connectivity index (χ2n) is 4.20. The van der Waals surface area contributed by atoms with Crippen molar-refractivity contribution in [1.82, 2.24) is 4.98 Å². The van der Waals surface area contributed by atoms with E-state index in [1.165, 1.54) is 5.56 Å². The number of hydrogen-bond donors (Lipinski definition) is 1. The maximum absolute atomic E-state index is 10.1. The number of aromatic nitrogens is 1. The molecule has 0 amide bonds. The van der Waals surface area contributed by atoms with Crippen molar-refractivity contribution in [3.05, 3.63) is 59.9 Å². The number of rotatable bonds is 5. The lowest BCUT2D eigenvalue weighted by Crippen LogP contribution is -2.01. The average Bonchev–Trinajstić information content (AvgIpc) is 2.46. The van der Waals surface area contributed by atoms with E-state index in [2.05, 4.69) is 17.1 Å². The van der Waals surface area contributed by atoms with Gasteiger partial charge in [0.15, 0.2) is 0 Å². The highest BCUT2D eigenvalue weighted by molar-refractivity contribution is 5.25. The minimum atomic E-state index is -0.507. The van der Waals surface area contributed by atoms with Gasteiger partial charge in [-0.05, 0) is 24.5 Å². The zero-order valence-corrected chi connectivity index (χ0v) is 10.4. The lowest BCUT2D eigenvalue weighted by Gasteiger charge is -2.11. The van der Waals surface area contributed by atoms with Gasteiger partial charge in [0.2, 0.25) is 0 Å². The lowest BCUT2D eigenvalue weighted by molar-refractivity contribution is 0.167. The Labute approximate surface area is 107 Å². The van der Waals surface area contributed by atoms with Gasteiger partial charge in [-0.3, -0.25) is 4.98 Å². The van der Waals surface area contributed by atoms with Crippen molar-refractivity contribution in [2.24, 2.45) is 0 Å². The molecule has 3 nitrogen and oxygen atoms in total. The van der Waals surface area contributed by atoms with Crippen LogP contribution in [0.2, 0.25) is 0 Å². The summed E-state index contributed by atoms with van der Waals surface area (Å²) in [4.78, 5) is 4.05. The van der Waals surface area contributed by atoms with Gasteiger partial charge in [-0.15, -0.1) is 0 Å². The molecule has 0 bridgehead atoms. The summed E-state index contributed by atoms with van der Waals surface area (Å²) in [6.45, 7) is 0. The summed E-state index contributed by atoms with van der Waals surface area (Å²) in [6.07, 6.45) is 4.33. The van der Waals surface area contributed by atoms with E-state index >= 15 is 0 Å². The predicted molar refractivity (Wildman–Crippen MR) is 70.5 cm³/mol. The molecule has 3 heteroatoms. The van der Waals surface area contributed by atoms with Crippen LogP contribution in [0.1, 0.15) is 23.7 Å². The second-order valence-corrected chi connectivity index (χ2v) is 4.20. The number of aryl methyl sites for hydroxylation is 1. The molecule has 94 valence electrons. The molecule has 1 heterocycles. The summed E-state index contributed by atoms with van der Waals surface area (Å²) < 4.78 is 5.09. The molecule has 1 aromatic carbocycles. The highest BCUT2D eigenvalue weighted by atomic mass is 16.5. The van der Waals surface area contributed by atoms with E-state index in [0.717, 1.165) is 12.0 Å². The quantitative estimate of drug-likeness (QED) is 0.878. The molecule has 0 aliphatic carbocycles. The minimum absolute atomic E-state index is 0.507. The SMILES string of the molecule is COc1cncc(C(O)CCc2ccccc2)c1. The van der Waals surface area contributed by atoms with Crippen molar-refractivity contribution in [1.29, 1.82) is 0 Å². The van der Waals surface area contributed by atoms with Gasteiger partial charge in [-0.25, -0.2) is 0 Å². The third kappa shape index (κ3) is 3.31. The average molecular weight is 243 g/mol. The standard InChI is InChI=1S/C15H17NO2/c1-18-14-9-13(10-16-11-14)15(17)8-7-12-5-3-2-4-6-12/h2-6,9-11,15,17H,7-8H2,1H3. The van der Waals surface area contributed by atoms with Gasteiger partial charge in [0, 0.05) is 11.8 Å². The van der Waals surface area contributed by atoms with Gasteiger partial charge in [0.1, 0.15) is 5.75 Å². The first-order chi connectivity index (χ1) is 8.79. The van der Waals surface area contributed by atoms with Crippen LogP contribution in [0.15, 0.2) is 48.8 Å². The number of ether oxygens (including phenoxy) is 1. The Morgan fingerprint density at radius 2 is 2.00 bits per heavy atom. The van der Waals surface area contributed by atoms with Gasteiger partial charge < -0.3 is 9.84 Å². The maximum atomic E-state index is 10.1. The number of methoxy groups -OCH3 is 1. The lowest BCUT2D eigenvalue weighted by atomic mass is 10.0. The fourth-order valence-electron chi connectivity index (χ4n) is 1.84. The van der Waals surface area contributed by atoms with Crippen molar-refractivity contribution in [2.45, 2.75) is 18.9 Å². The Kier molecular flexibility index (Phi) is 4.31. The number of hydrogen-bond acceptors (Lipinski definition) is 3. The molecule has 0 aliphatic heterocycles. The van der Waals surface area contributed by atoms with E-state index in [0.29, 0.717) is 12.2 Å². The Hall–Kier alpha value is -1.87. The highest BCUT2D eigenvalue weighted by Gasteiger charge is 2.09.